The molecule has 2 N–H and O–H groups in total. The Bertz CT molecular complexity index is 563. The zero-order chi connectivity index (χ0) is 12.3. The molecule has 4 heteroatoms. The average Bonchev–Trinajstić information content (AvgIpc) is 2.34. The Labute approximate surface area is 99.5 Å². The van der Waals surface area contributed by atoms with E-state index in [4.69, 9.17) is 0 Å². The second-order valence-corrected chi connectivity index (χ2v) is 4.06. The van der Waals surface area contributed by atoms with Crippen LogP contribution in [0.25, 0.3) is 10.9 Å². The van der Waals surface area contributed by atoms with Gasteiger partial charge in [0.1, 0.15) is 0 Å². The van der Waals surface area contributed by atoms with Gasteiger partial charge in [-0.15, -0.1) is 0 Å². The Kier molecular flexibility index (Phi) is 3.56. The largest absolute Gasteiger partial charge is 0.390 e. The standard InChI is InChI=1S/C13H16N2O2/c1-14-8-10(16)9-15-7-6-13(17)11-4-2-3-5-12(11)15/h2-7,10,14,16H,8-9H2,1H3. The van der Waals surface area contributed by atoms with Gasteiger partial charge in [0.05, 0.1) is 11.6 Å². The highest BCUT2D eigenvalue weighted by molar-refractivity contribution is 5.78. The van der Waals surface area contributed by atoms with E-state index in [2.05, 4.69) is 5.32 Å². The van der Waals surface area contributed by atoms with Crippen LogP contribution in [0.15, 0.2) is 41.3 Å². The summed E-state index contributed by atoms with van der Waals surface area (Å²) in [5, 5.41) is 13.4. The molecule has 1 aromatic carbocycles. The predicted octanol–water partition coefficient (Wildman–Crippen LogP) is 0.582. The number of aliphatic hydroxyl groups is 1. The van der Waals surface area contributed by atoms with Gasteiger partial charge < -0.3 is 15.0 Å². The van der Waals surface area contributed by atoms with E-state index in [1.807, 2.05) is 22.8 Å². The summed E-state index contributed by atoms with van der Waals surface area (Å²) in [6.07, 6.45) is 1.26. The third kappa shape index (κ3) is 2.54. The van der Waals surface area contributed by atoms with Crippen LogP contribution in [0.4, 0.5) is 0 Å². The van der Waals surface area contributed by atoms with Gasteiger partial charge in [0.25, 0.3) is 0 Å². The van der Waals surface area contributed by atoms with E-state index in [1.165, 1.54) is 6.07 Å². The number of likely N-dealkylation sites (N-methyl/N-ethyl adjacent to an activating group) is 1. The zero-order valence-corrected chi connectivity index (χ0v) is 9.76. The van der Waals surface area contributed by atoms with Crippen molar-refractivity contribution in [2.75, 3.05) is 13.6 Å². The maximum Gasteiger partial charge on any atom is 0.189 e. The van der Waals surface area contributed by atoms with Crippen molar-refractivity contribution in [2.45, 2.75) is 12.6 Å². The molecule has 1 aromatic heterocycles. The van der Waals surface area contributed by atoms with Crippen LogP contribution in [0.2, 0.25) is 0 Å². The second kappa shape index (κ2) is 5.12. The predicted molar refractivity (Wildman–Crippen MR) is 68.1 cm³/mol. The lowest BCUT2D eigenvalue weighted by Gasteiger charge is -2.15. The fourth-order valence-corrected chi connectivity index (χ4v) is 1.95. The molecular weight excluding hydrogens is 216 g/mol. The van der Waals surface area contributed by atoms with Gasteiger partial charge >= 0.3 is 0 Å². The van der Waals surface area contributed by atoms with Crippen LogP contribution < -0.4 is 10.7 Å². The van der Waals surface area contributed by atoms with E-state index >= 15 is 0 Å². The molecule has 0 bridgehead atoms. The Balaban J connectivity index is 2.41. The number of rotatable bonds is 4. The van der Waals surface area contributed by atoms with E-state index < -0.39 is 6.10 Å². The van der Waals surface area contributed by atoms with Gasteiger partial charge in [0, 0.05) is 30.7 Å². The van der Waals surface area contributed by atoms with E-state index in [1.54, 1.807) is 19.3 Å². The van der Waals surface area contributed by atoms with Crippen molar-refractivity contribution in [1.29, 1.82) is 0 Å². The molecule has 1 heterocycles. The van der Waals surface area contributed by atoms with Crippen LogP contribution in [0.1, 0.15) is 0 Å². The fourth-order valence-electron chi connectivity index (χ4n) is 1.95. The highest BCUT2D eigenvalue weighted by Crippen LogP contribution is 2.09. The molecule has 0 aliphatic heterocycles. The van der Waals surface area contributed by atoms with Crippen LogP contribution in [0, 0.1) is 0 Å². The van der Waals surface area contributed by atoms with Gasteiger partial charge in [-0.3, -0.25) is 4.79 Å². The molecule has 90 valence electrons. The van der Waals surface area contributed by atoms with Gasteiger partial charge in [-0.2, -0.15) is 0 Å². The topological polar surface area (TPSA) is 54.3 Å². The lowest BCUT2D eigenvalue weighted by atomic mass is 10.2. The fraction of sp³-hybridized carbons (Fsp3) is 0.308. The molecule has 2 rings (SSSR count). The molecular formula is C13H16N2O2. The van der Waals surface area contributed by atoms with E-state index in [-0.39, 0.29) is 5.43 Å². The molecule has 0 saturated heterocycles. The first kappa shape index (κ1) is 11.8. The Morgan fingerprint density at radius 1 is 1.35 bits per heavy atom. The van der Waals surface area contributed by atoms with Gasteiger partial charge in [-0.1, -0.05) is 12.1 Å². The average molecular weight is 232 g/mol. The number of pyridine rings is 1. The molecule has 0 fully saturated rings. The van der Waals surface area contributed by atoms with E-state index in [9.17, 15) is 9.90 Å². The minimum atomic E-state index is -0.467. The summed E-state index contributed by atoms with van der Waals surface area (Å²) in [7, 11) is 1.80. The smallest absolute Gasteiger partial charge is 0.189 e. The lowest BCUT2D eigenvalue weighted by Crippen LogP contribution is -2.28. The van der Waals surface area contributed by atoms with Crippen molar-refractivity contribution in [1.82, 2.24) is 9.88 Å². The van der Waals surface area contributed by atoms with Crippen LogP contribution >= 0.6 is 0 Å². The Morgan fingerprint density at radius 2 is 2.12 bits per heavy atom. The number of nitrogens with zero attached hydrogens (tertiary/aromatic N) is 1. The molecule has 0 spiro atoms. The maximum atomic E-state index is 11.7. The summed E-state index contributed by atoms with van der Waals surface area (Å²) in [5.41, 5.74) is 0.870. The van der Waals surface area contributed by atoms with E-state index in [0.29, 0.717) is 18.5 Å². The van der Waals surface area contributed by atoms with Crippen molar-refractivity contribution in [2.24, 2.45) is 0 Å². The van der Waals surface area contributed by atoms with Crippen LogP contribution in [-0.2, 0) is 6.54 Å². The minimum Gasteiger partial charge on any atom is -0.390 e. The third-order valence-corrected chi connectivity index (χ3v) is 2.73. The van der Waals surface area contributed by atoms with Crippen LogP contribution in [0.3, 0.4) is 0 Å². The van der Waals surface area contributed by atoms with Crippen molar-refractivity contribution < 1.29 is 5.11 Å². The number of fused-ring (bicyclic) bond motifs is 1. The summed E-state index contributed by atoms with van der Waals surface area (Å²) in [4.78, 5) is 11.7. The number of para-hydroxylation sites is 1. The highest BCUT2D eigenvalue weighted by Gasteiger charge is 2.06. The molecule has 0 aliphatic rings. The number of hydrogen-bond acceptors (Lipinski definition) is 3. The summed E-state index contributed by atoms with van der Waals surface area (Å²) in [6.45, 7) is 1.00. The second-order valence-electron chi connectivity index (χ2n) is 4.06. The van der Waals surface area contributed by atoms with E-state index in [0.717, 1.165) is 5.52 Å². The molecule has 2 aromatic rings. The van der Waals surface area contributed by atoms with Gasteiger partial charge in [0.15, 0.2) is 5.43 Å². The number of aromatic nitrogens is 1. The molecule has 0 aliphatic carbocycles. The monoisotopic (exact) mass is 232 g/mol. The normalized spacial score (nSPS) is 12.8. The van der Waals surface area contributed by atoms with Gasteiger partial charge in [-0.05, 0) is 19.2 Å². The highest BCUT2D eigenvalue weighted by atomic mass is 16.3. The zero-order valence-electron chi connectivity index (χ0n) is 9.76. The van der Waals surface area contributed by atoms with Crippen molar-refractivity contribution in [3.05, 3.63) is 46.8 Å². The van der Waals surface area contributed by atoms with Crippen LogP contribution in [-0.4, -0.2) is 29.4 Å². The summed E-state index contributed by atoms with van der Waals surface area (Å²) < 4.78 is 1.90. The summed E-state index contributed by atoms with van der Waals surface area (Å²) >= 11 is 0. The Morgan fingerprint density at radius 3 is 2.88 bits per heavy atom. The SMILES string of the molecule is CNCC(O)Cn1ccc(=O)c2ccccc21. The first-order valence-corrected chi connectivity index (χ1v) is 5.63. The molecule has 0 saturated carbocycles. The number of aliphatic hydroxyl groups excluding tert-OH is 1. The van der Waals surface area contributed by atoms with Gasteiger partial charge in [-0.25, -0.2) is 0 Å². The molecule has 1 atom stereocenters. The number of hydrogen-bond donors (Lipinski definition) is 2. The molecule has 1 unspecified atom stereocenters. The van der Waals surface area contributed by atoms with Crippen molar-refractivity contribution in [3.63, 3.8) is 0 Å². The number of benzene rings is 1. The quantitative estimate of drug-likeness (QED) is 0.811. The van der Waals surface area contributed by atoms with Crippen molar-refractivity contribution >= 4 is 10.9 Å². The summed E-state index contributed by atoms with van der Waals surface area (Å²) in [6, 6.07) is 8.97. The maximum absolute atomic E-state index is 11.7. The molecule has 0 radical (unpaired) electrons. The first-order chi connectivity index (χ1) is 8.22. The molecule has 0 amide bonds. The first-order valence-electron chi connectivity index (χ1n) is 5.63. The minimum absolute atomic E-state index is 0.0138. The summed E-state index contributed by atoms with van der Waals surface area (Å²) in [5.74, 6) is 0. The van der Waals surface area contributed by atoms with Crippen LogP contribution in [0.5, 0.6) is 0 Å². The van der Waals surface area contributed by atoms with Crippen molar-refractivity contribution in [3.8, 4) is 0 Å². The Hall–Kier alpha value is -1.65. The van der Waals surface area contributed by atoms with Gasteiger partial charge in [0.2, 0.25) is 0 Å². The molecule has 4 nitrogen and oxygen atoms in total. The third-order valence-electron chi connectivity index (χ3n) is 2.73. The molecule has 17 heavy (non-hydrogen) atoms. The lowest BCUT2D eigenvalue weighted by molar-refractivity contribution is 0.155. The number of nitrogens with one attached hydrogen (secondary N) is 1.